The molecule has 0 amide bonds. The predicted molar refractivity (Wildman–Crippen MR) is 95.3 cm³/mol. The van der Waals surface area contributed by atoms with E-state index in [1.54, 1.807) is 36.5 Å². The van der Waals surface area contributed by atoms with Gasteiger partial charge in [0, 0.05) is 17.8 Å². The van der Waals surface area contributed by atoms with E-state index < -0.39 is 16.0 Å². The Morgan fingerprint density at radius 1 is 1.36 bits per heavy atom. The van der Waals surface area contributed by atoms with E-state index in [-0.39, 0.29) is 12.6 Å². The summed E-state index contributed by atoms with van der Waals surface area (Å²) in [6.07, 6.45) is 3.29. The number of hydrogen-bond acceptors (Lipinski definition) is 5. The topological polar surface area (TPSA) is 76.6 Å². The highest BCUT2D eigenvalue weighted by Gasteiger charge is 2.32. The predicted octanol–water partition coefficient (Wildman–Crippen LogP) is 2.80. The fourth-order valence-electron chi connectivity index (χ4n) is 2.96. The zero-order chi connectivity index (χ0) is 18.2. The Morgan fingerprint density at radius 3 is 2.76 bits per heavy atom. The number of pyridine rings is 1. The molecule has 1 aliphatic rings. The third kappa shape index (κ3) is 3.77. The van der Waals surface area contributed by atoms with Crippen LogP contribution in [0.3, 0.4) is 0 Å². The lowest BCUT2D eigenvalue weighted by molar-refractivity contribution is 0.0472. The number of halogens is 1. The Labute approximate surface area is 151 Å². The average molecular weight is 381 g/mol. The molecule has 2 heterocycles. The third-order valence-corrected chi connectivity index (χ3v) is 5.48. The molecule has 2 aromatic rings. The number of carbonyl (C=O) groups is 1. The maximum atomic E-state index is 12.2. The Morgan fingerprint density at radius 2 is 2.12 bits per heavy atom. The van der Waals surface area contributed by atoms with Crippen molar-refractivity contribution in [1.29, 1.82) is 0 Å². The van der Waals surface area contributed by atoms with Crippen LogP contribution in [0.4, 0.5) is 5.69 Å². The van der Waals surface area contributed by atoms with Crippen molar-refractivity contribution < 1.29 is 17.9 Å². The first-order valence-electron chi connectivity index (χ1n) is 7.65. The van der Waals surface area contributed by atoms with E-state index in [4.69, 9.17) is 16.3 Å². The summed E-state index contributed by atoms with van der Waals surface area (Å²) in [6.45, 7) is 1.93. The van der Waals surface area contributed by atoms with Gasteiger partial charge in [-0.3, -0.25) is 4.31 Å². The molecule has 0 radical (unpaired) electrons. The zero-order valence-electron chi connectivity index (χ0n) is 13.8. The minimum atomic E-state index is -3.35. The van der Waals surface area contributed by atoms with Gasteiger partial charge in [0.25, 0.3) is 0 Å². The molecule has 1 aromatic carbocycles. The Kier molecular flexibility index (Phi) is 4.71. The van der Waals surface area contributed by atoms with Gasteiger partial charge in [-0.15, -0.1) is 0 Å². The van der Waals surface area contributed by atoms with Crippen LogP contribution in [0.25, 0.3) is 0 Å². The van der Waals surface area contributed by atoms with Gasteiger partial charge in [-0.1, -0.05) is 17.7 Å². The molecule has 132 valence electrons. The number of sulfonamides is 1. The SMILES string of the molecule is CC1Cc2cc(C(=O)OCc3ccc(Cl)nc3)ccc2N1S(C)(=O)=O. The third-order valence-electron chi connectivity index (χ3n) is 3.98. The first-order valence-corrected chi connectivity index (χ1v) is 9.88. The van der Waals surface area contributed by atoms with E-state index in [2.05, 4.69) is 4.98 Å². The zero-order valence-corrected chi connectivity index (χ0v) is 15.3. The van der Waals surface area contributed by atoms with Gasteiger partial charge in [0.05, 0.1) is 17.5 Å². The number of rotatable bonds is 4. The summed E-state index contributed by atoms with van der Waals surface area (Å²) in [7, 11) is -3.35. The summed E-state index contributed by atoms with van der Waals surface area (Å²) in [5, 5.41) is 0.373. The maximum Gasteiger partial charge on any atom is 0.338 e. The molecule has 0 spiro atoms. The number of aromatic nitrogens is 1. The van der Waals surface area contributed by atoms with Crippen LogP contribution in [0.5, 0.6) is 0 Å². The quantitative estimate of drug-likeness (QED) is 0.602. The molecular formula is C17H17ClN2O4S. The van der Waals surface area contributed by atoms with Crippen molar-refractivity contribution in [3.8, 4) is 0 Å². The first kappa shape index (κ1) is 17.7. The van der Waals surface area contributed by atoms with Gasteiger partial charge in [0.15, 0.2) is 0 Å². The smallest absolute Gasteiger partial charge is 0.338 e. The van der Waals surface area contributed by atoms with Gasteiger partial charge in [-0.05, 0) is 43.2 Å². The molecular weight excluding hydrogens is 364 g/mol. The van der Waals surface area contributed by atoms with Crippen molar-refractivity contribution in [1.82, 2.24) is 4.98 Å². The van der Waals surface area contributed by atoms with E-state index in [1.165, 1.54) is 10.6 Å². The van der Waals surface area contributed by atoms with Crippen molar-refractivity contribution in [2.24, 2.45) is 0 Å². The molecule has 3 rings (SSSR count). The number of fused-ring (bicyclic) bond motifs is 1. The van der Waals surface area contributed by atoms with Crippen molar-refractivity contribution in [3.63, 3.8) is 0 Å². The summed E-state index contributed by atoms with van der Waals surface area (Å²) in [5.41, 5.74) is 2.56. The molecule has 0 N–H and O–H groups in total. The lowest BCUT2D eigenvalue weighted by Crippen LogP contribution is -2.34. The molecule has 25 heavy (non-hydrogen) atoms. The summed E-state index contributed by atoms with van der Waals surface area (Å²) < 4.78 is 30.5. The van der Waals surface area contributed by atoms with E-state index in [0.717, 1.165) is 11.1 Å². The molecule has 1 atom stereocenters. The Balaban J connectivity index is 1.75. The molecule has 0 saturated heterocycles. The van der Waals surface area contributed by atoms with Crippen molar-refractivity contribution >= 4 is 33.3 Å². The number of nitrogens with zero attached hydrogens (tertiary/aromatic N) is 2. The van der Waals surface area contributed by atoms with Crippen LogP contribution in [0.1, 0.15) is 28.4 Å². The standard InChI is InChI=1S/C17H17ClN2O4S/c1-11-7-14-8-13(4-5-15(14)20(11)25(2,22)23)17(21)24-10-12-3-6-16(18)19-9-12/h3-6,8-9,11H,7,10H2,1-2H3. The molecule has 1 aromatic heterocycles. The fraction of sp³-hybridized carbons (Fsp3) is 0.294. The van der Waals surface area contributed by atoms with E-state index in [9.17, 15) is 13.2 Å². The van der Waals surface area contributed by atoms with Crippen LogP contribution >= 0.6 is 11.6 Å². The van der Waals surface area contributed by atoms with Crippen LogP contribution in [0, 0.1) is 0 Å². The second-order valence-corrected chi connectivity index (χ2v) is 8.27. The Bertz CT molecular complexity index is 913. The molecule has 8 heteroatoms. The van der Waals surface area contributed by atoms with Gasteiger partial charge >= 0.3 is 5.97 Å². The average Bonchev–Trinajstić information content (AvgIpc) is 2.88. The highest BCUT2D eigenvalue weighted by molar-refractivity contribution is 7.92. The highest BCUT2D eigenvalue weighted by atomic mass is 35.5. The van der Waals surface area contributed by atoms with Crippen LogP contribution in [-0.2, 0) is 27.8 Å². The van der Waals surface area contributed by atoms with Crippen molar-refractivity contribution in [2.75, 3.05) is 10.6 Å². The largest absolute Gasteiger partial charge is 0.457 e. The molecule has 0 aliphatic carbocycles. The molecule has 0 fully saturated rings. The monoisotopic (exact) mass is 380 g/mol. The van der Waals surface area contributed by atoms with E-state index in [1.807, 2.05) is 6.92 Å². The number of benzene rings is 1. The normalized spacial score (nSPS) is 16.6. The van der Waals surface area contributed by atoms with Gasteiger partial charge < -0.3 is 4.74 Å². The molecule has 0 bridgehead atoms. The summed E-state index contributed by atoms with van der Waals surface area (Å²) in [4.78, 5) is 16.2. The molecule has 1 aliphatic heterocycles. The minimum Gasteiger partial charge on any atom is -0.457 e. The molecule has 0 saturated carbocycles. The van der Waals surface area contributed by atoms with Crippen LogP contribution < -0.4 is 4.31 Å². The number of hydrogen-bond donors (Lipinski definition) is 0. The van der Waals surface area contributed by atoms with Gasteiger partial charge in [-0.2, -0.15) is 0 Å². The minimum absolute atomic E-state index is 0.0892. The number of ether oxygens (including phenoxy) is 1. The van der Waals surface area contributed by atoms with Gasteiger partial charge in [0.2, 0.25) is 10.0 Å². The highest BCUT2D eigenvalue weighted by Crippen LogP contribution is 2.34. The maximum absolute atomic E-state index is 12.2. The van der Waals surface area contributed by atoms with Gasteiger partial charge in [-0.25, -0.2) is 18.2 Å². The first-order chi connectivity index (χ1) is 11.8. The molecule has 6 nitrogen and oxygen atoms in total. The second kappa shape index (κ2) is 6.65. The van der Waals surface area contributed by atoms with Crippen molar-refractivity contribution in [3.05, 3.63) is 58.4 Å². The number of esters is 1. The van der Waals surface area contributed by atoms with Gasteiger partial charge in [0.1, 0.15) is 11.8 Å². The lowest BCUT2D eigenvalue weighted by Gasteiger charge is -2.21. The Hall–Kier alpha value is -2.12. The van der Waals surface area contributed by atoms with E-state index >= 15 is 0 Å². The van der Waals surface area contributed by atoms with Crippen LogP contribution in [0.15, 0.2) is 36.5 Å². The van der Waals surface area contributed by atoms with Crippen LogP contribution in [0.2, 0.25) is 5.15 Å². The molecule has 1 unspecified atom stereocenters. The number of anilines is 1. The summed E-state index contributed by atoms with van der Waals surface area (Å²) in [6, 6.07) is 8.12. The van der Waals surface area contributed by atoms with E-state index in [0.29, 0.717) is 22.8 Å². The lowest BCUT2D eigenvalue weighted by atomic mass is 10.1. The second-order valence-electron chi connectivity index (χ2n) is 6.02. The fourth-order valence-corrected chi connectivity index (χ4v) is 4.33. The van der Waals surface area contributed by atoms with Crippen molar-refractivity contribution in [2.45, 2.75) is 26.0 Å². The van der Waals surface area contributed by atoms with Crippen LogP contribution in [-0.4, -0.2) is 31.7 Å². The number of carbonyl (C=O) groups excluding carboxylic acids is 1. The summed E-state index contributed by atoms with van der Waals surface area (Å²) >= 11 is 5.71. The summed E-state index contributed by atoms with van der Waals surface area (Å²) in [5.74, 6) is -0.469.